The normalized spacial score (nSPS) is 17.7. The van der Waals surface area contributed by atoms with Crippen LogP contribution in [0.25, 0.3) is 0 Å². The molecule has 1 heterocycles. The molecule has 2 N–H and O–H groups in total. The van der Waals surface area contributed by atoms with E-state index in [0.29, 0.717) is 10.5 Å². The van der Waals surface area contributed by atoms with Crippen molar-refractivity contribution in [3.8, 4) is 17.2 Å². The molecule has 1 atom stereocenters. The van der Waals surface area contributed by atoms with E-state index < -0.39 is 47.6 Å². The largest absolute Gasteiger partial charge is 0.493 e. The minimum atomic E-state index is -5.40. The van der Waals surface area contributed by atoms with Crippen molar-refractivity contribution < 1.29 is 46.2 Å². The van der Waals surface area contributed by atoms with Gasteiger partial charge in [-0.05, 0) is 36.2 Å². The monoisotopic (exact) mass is 499 g/mol. The number of hydrogen-bond donors (Lipinski definition) is 2. The lowest BCUT2D eigenvalue weighted by molar-refractivity contribution is -0.200. The van der Waals surface area contributed by atoms with Gasteiger partial charge in [0.1, 0.15) is 5.82 Å². The summed E-state index contributed by atoms with van der Waals surface area (Å²) >= 11 is 0. The number of methoxy groups -OCH3 is 3. The molecule has 13 heteroatoms. The third kappa shape index (κ3) is 4.66. The Morgan fingerprint density at radius 2 is 1.63 bits per heavy atom. The van der Waals surface area contributed by atoms with Crippen LogP contribution in [0.1, 0.15) is 15.9 Å². The summed E-state index contributed by atoms with van der Waals surface area (Å²) in [5.41, 5.74) is -3.64. The zero-order valence-electron chi connectivity index (χ0n) is 18.8. The first-order chi connectivity index (χ1) is 16.5. The van der Waals surface area contributed by atoms with Gasteiger partial charge in [-0.3, -0.25) is 19.8 Å². The Labute approximate surface area is 196 Å². The Morgan fingerprint density at radius 1 is 1.00 bits per heavy atom. The third-order valence-corrected chi connectivity index (χ3v) is 5.32. The van der Waals surface area contributed by atoms with Gasteiger partial charge in [0.2, 0.25) is 5.75 Å². The topological polar surface area (TPSA) is 106 Å². The number of rotatable bonds is 8. The maximum Gasteiger partial charge on any atom is 0.440 e. The number of alkyl halides is 3. The van der Waals surface area contributed by atoms with Crippen LogP contribution >= 0.6 is 0 Å². The van der Waals surface area contributed by atoms with Crippen molar-refractivity contribution in [3.63, 3.8) is 0 Å². The van der Waals surface area contributed by atoms with Gasteiger partial charge in [-0.25, -0.2) is 9.18 Å². The summed E-state index contributed by atoms with van der Waals surface area (Å²) in [5.74, 6) is -3.77. The second-order valence-corrected chi connectivity index (χ2v) is 7.35. The molecule has 0 aromatic heterocycles. The Bertz CT molecular complexity index is 1140. The molecule has 0 spiro atoms. The highest BCUT2D eigenvalue weighted by atomic mass is 19.4. The molecule has 2 aromatic carbocycles. The molecular weight excluding hydrogens is 478 g/mol. The SMILES string of the molecule is COc1ccc(C(=O)N[C@]2(C(F)(F)F)NC(=O)N(CCc3ccc(F)cc3)C2=O)c(OC)c1OC. The predicted molar refractivity (Wildman–Crippen MR) is 113 cm³/mol. The summed E-state index contributed by atoms with van der Waals surface area (Å²) in [6.07, 6.45) is -5.44. The second-order valence-electron chi connectivity index (χ2n) is 7.35. The summed E-state index contributed by atoms with van der Waals surface area (Å²) < 4.78 is 70.8. The fourth-order valence-electron chi connectivity index (χ4n) is 3.54. The quantitative estimate of drug-likeness (QED) is 0.428. The van der Waals surface area contributed by atoms with E-state index in [-0.39, 0.29) is 23.7 Å². The van der Waals surface area contributed by atoms with E-state index in [1.54, 1.807) is 10.6 Å². The van der Waals surface area contributed by atoms with Crippen LogP contribution in [0, 0.1) is 5.82 Å². The number of carbonyl (C=O) groups is 3. The van der Waals surface area contributed by atoms with Crippen LogP contribution in [-0.2, 0) is 11.2 Å². The zero-order chi connectivity index (χ0) is 26.0. The number of amides is 4. The number of nitrogens with one attached hydrogen (secondary N) is 2. The number of benzene rings is 2. The van der Waals surface area contributed by atoms with Gasteiger partial charge in [0.05, 0.1) is 26.9 Å². The van der Waals surface area contributed by atoms with E-state index in [1.807, 2.05) is 0 Å². The van der Waals surface area contributed by atoms with Crippen molar-refractivity contribution in [2.45, 2.75) is 18.3 Å². The zero-order valence-corrected chi connectivity index (χ0v) is 18.8. The first-order valence-electron chi connectivity index (χ1n) is 10.1. The van der Waals surface area contributed by atoms with Crippen molar-refractivity contribution in [1.29, 1.82) is 0 Å². The molecule has 0 unspecified atom stereocenters. The van der Waals surface area contributed by atoms with Gasteiger partial charge < -0.3 is 19.5 Å². The molecule has 2 aromatic rings. The van der Waals surface area contributed by atoms with E-state index >= 15 is 0 Å². The first-order valence-corrected chi connectivity index (χ1v) is 10.1. The van der Waals surface area contributed by atoms with E-state index in [9.17, 15) is 31.9 Å². The second kappa shape index (κ2) is 9.68. The Morgan fingerprint density at radius 3 is 2.17 bits per heavy atom. The Balaban J connectivity index is 1.92. The minimum absolute atomic E-state index is 0.0369. The van der Waals surface area contributed by atoms with Gasteiger partial charge in [-0.2, -0.15) is 13.2 Å². The van der Waals surface area contributed by atoms with E-state index in [0.717, 1.165) is 25.3 Å². The van der Waals surface area contributed by atoms with Gasteiger partial charge in [0.15, 0.2) is 11.5 Å². The van der Waals surface area contributed by atoms with Crippen molar-refractivity contribution in [1.82, 2.24) is 15.5 Å². The van der Waals surface area contributed by atoms with Crippen LogP contribution in [-0.4, -0.2) is 62.5 Å². The van der Waals surface area contributed by atoms with Crippen LogP contribution in [0.15, 0.2) is 36.4 Å². The van der Waals surface area contributed by atoms with Gasteiger partial charge in [-0.1, -0.05) is 12.1 Å². The van der Waals surface area contributed by atoms with Crippen molar-refractivity contribution >= 4 is 17.8 Å². The van der Waals surface area contributed by atoms with E-state index in [4.69, 9.17) is 14.2 Å². The molecule has 0 aliphatic carbocycles. The molecule has 0 bridgehead atoms. The summed E-state index contributed by atoms with van der Waals surface area (Å²) in [4.78, 5) is 38.5. The molecule has 1 aliphatic rings. The number of urea groups is 1. The molecule has 188 valence electrons. The van der Waals surface area contributed by atoms with Crippen LogP contribution in [0.2, 0.25) is 0 Å². The van der Waals surface area contributed by atoms with Gasteiger partial charge in [-0.15, -0.1) is 0 Å². The lowest BCUT2D eigenvalue weighted by atomic mass is 10.1. The molecule has 9 nitrogen and oxygen atoms in total. The molecule has 1 fully saturated rings. The standard InChI is InChI=1S/C22H21F4N3O6/c1-33-15-9-8-14(16(34-2)17(15)35-3)18(30)27-21(22(24,25)26)19(31)29(20(32)28-21)11-10-12-4-6-13(23)7-5-12/h4-9H,10-11H2,1-3H3,(H,27,30)(H,28,32)/t21-/m0/s1. The molecule has 4 amide bonds. The average molecular weight is 499 g/mol. The molecule has 0 radical (unpaired) electrons. The highest BCUT2D eigenvalue weighted by molar-refractivity contribution is 6.10. The van der Waals surface area contributed by atoms with Gasteiger partial charge >= 0.3 is 12.2 Å². The lowest BCUT2D eigenvalue weighted by Gasteiger charge is -2.30. The van der Waals surface area contributed by atoms with E-state index in [2.05, 4.69) is 0 Å². The maximum absolute atomic E-state index is 14.1. The predicted octanol–water partition coefficient (Wildman–Crippen LogP) is 2.63. The molecule has 1 saturated heterocycles. The molecular formula is C22H21F4N3O6. The number of hydrogen-bond acceptors (Lipinski definition) is 6. The van der Waals surface area contributed by atoms with Crippen LogP contribution in [0.4, 0.5) is 22.4 Å². The summed E-state index contributed by atoms with van der Waals surface area (Å²) in [6, 6.07) is 6.05. The van der Waals surface area contributed by atoms with Crippen molar-refractivity contribution in [2.24, 2.45) is 0 Å². The smallest absolute Gasteiger partial charge is 0.440 e. The summed E-state index contributed by atoms with van der Waals surface area (Å²) in [7, 11) is 3.70. The number of nitrogens with zero attached hydrogens (tertiary/aromatic N) is 1. The first kappa shape index (κ1) is 25.6. The Hall–Kier alpha value is -4.03. The number of carbonyl (C=O) groups excluding carboxylic acids is 3. The highest BCUT2D eigenvalue weighted by Gasteiger charge is 2.68. The molecule has 35 heavy (non-hydrogen) atoms. The third-order valence-electron chi connectivity index (χ3n) is 5.32. The number of ether oxygens (including phenoxy) is 3. The van der Waals surface area contributed by atoms with Crippen molar-refractivity contribution in [3.05, 3.63) is 53.3 Å². The summed E-state index contributed by atoms with van der Waals surface area (Å²) in [5, 5.41) is 3.18. The van der Waals surface area contributed by atoms with Gasteiger partial charge in [0.25, 0.3) is 17.5 Å². The fourth-order valence-corrected chi connectivity index (χ4v) is 3.54. The molecule has 3 rings (SSSR count). The molecule has 1 aliphatic heterocycles. The van der Waals surface area contributed by atoms with Crippen LogP contribution < -0.4 is 24.8 Å². The lowest BCUT2D eigenvalue weighted by Crippen LogP contribution is -2.69. The van der Waals surface area contributed by atoms with Gasteiger partial charge in [0, 0.05) is 6.54 Å². The van der Waals surface area contributed by atoms with Crippen LogP contribution in [0.3, 0.4) is 0 Å². The average Bonchev–Trinajstić information content (AvgIpc) is 3.06. The van der Waals surface area contributed by atoms with E-state index in [1.165, 1.54) is 32.4 Å². The number of imide groups is 1. The Kier molecular flexibility index (Phi) is 7.08. The summed E-state index contributed by atoms with van der Waals surface area (Å²) in [6.45, 7) is -0.441. The van der Waals surface area contributed by atoms with Crippen molar-refractivity contribution in [2.75, 3.05) is 27.9 Å². The fraction of sp³-hybridized carbons (Fsp3) is 0.318. The van der Waals surface area contributed by atoms with Crippen LogP contribution in [0.5, 0.6) is 17.2 Å². The maximum atomic E-state index is 14.1. The molecule has 0 saturated carbocycles. The number of halogens is 4. The minimum Gasteiger partial charge on any atom is -0.493 e. The highest BCUT2D eigenvalue weighted by Crippen LogP contribution is 2.40.